The quantitative estimate of drug-likeness (QED) is 0.202. The van der Waals surface area contributed by atoms with Gasteiger partial charge in [-0.1, -0.05) is 72.3 Å². The molecule has 5 nitrogen and oxygen atoms in total. The molecule has 0 aromatic heterocycles. The molecule has 2 fully saturated rings. The van der Waals surface area contributed by atoms with E-state index >= 15 is 0 Å². The topological polar surface area (TPSA) is 49.9 Å². The van der Waals surface area contributed by atoms with E-state index in [1.165, 1.54) is 5.56 Å². The highest BCUT2D eigenvalue weighted by molar-refractivity contribution is 9.10. The van der Waals surface area contributed by atoms with Gasteiger partial charge in [0.15, 0.2) is 0 Å². The number of ether oxygens (including phenoxy) is 1. The van der Waals surface area contributed by atoms with Gasteiger partial charge in [-0.3, -0.25) is 14.5 Å². The number of rotatable bonds is 6. The summed E-state index contributed by atoms with van der Waals surface area (Å²) in [5, 5.41) is 0.774. The van der Waals surface area contributed by atoms with Gasteiger partial charge in [-0.2, -0.15) is 0 Å². The van der Waals surface area contributed by atoms with E-state index in [9.17, 15) is 9.59 Å². The van der Waals surface area contributed by atoms with Crippen molar-refractivity contribution in [3.05, 3.63) is 104 Å². The molecule has 0 saturated carbocycles. The monoisotopic (exact) mass is 648 g/mol. The van der Waals surface area contributed by atoms with Gasteiger partial charge in [0.2, 0.25) is 0 Å². The number of fused-ring (bicyclic) bond motifs is 1. The average molecular weight is 650 g/mol. The highest BCUT2D eigenvalue weighted by atomic mass is 79.9. The molecule has 2 aliphatic heterocycles. The number of amides is 1. The Labute approximate surface area is 262 Å². The second-order valence-corrected chi connectivity index (χ2v) is 13.5. The molecular weight excluding hydrogens is 612 g/mol. The van der Waals surface area contributed by atoms with Crippen molar-refractivity contribution in [1.82, 2.24) is 9.80 Å². The van der Waals surface area contributed by atoms with E-state index in [4.69, 9.17) is 16.3 Å². The number of esters is 1. The minimum atomic E-state index is -0.491. The highest BCUT2D eigenvalue weighted by Gasteiger charge is 2.35. The van der Waals surface area contributed by atoms with Crippen LogP contribution in [0.5, 0.6) is 0 Å². The van der Waals surface area contributed by atoms with Crippen molar-refractivity contribution < 1.29 is 14.3 Å². The zero-order valence-electron chi connectivity index (χ0n) is 24.5. The number of piperazine rings is 1. The summed E-state index contributed by atoms with van der Waals surface area (Å²) in [5.74, 6) is 0.353. The predicted octanol–water partition coefficient (Wildman–Crippen LogP) is 7.86. The molecule has 0 spiro atoms. The molecule has 42 heavy (non-hydrogen) atoms. The normalized spacial score (nSPS) is 19.5. The summed E-state index contributed by atoms with van der Waals surface area (Å²) >= 11 is 9.81. The van der Waals surface area contributed by atoms with E-state index < -0.39 is 5.60 Å². The Morgan fingerprint density at radius 2 is 1.69 bits per heavy atom. The molecule has 3 aromatic carbocycles. The SMILES string of the molecule is CC(C)(C)OC(=O)Cc1ccc(/C=C/c2cccc(C(=O)N3CCN4C[C@@H](c5ccc(Cl)cc5)CC[C@@H]4C3)c2Br)cc1. The van der Waals surface area contributed by atoms with Crippen molar-refractivity contribution in [2.24, 2.45) is 0 Å². The molecule has 2 atom stereocenters. The van der Waals surface area contributed by atoms with Gasteiger partial charge in [0.1, 0.15) is 5.60 Å². The summed E-state index contributed by atoms with van der Waals surface area (Å²) in [7, 11) is 0. The van der Waals surface area contributed by atoms with Crippen LogP contribution in [-0.4, -0.2) is 59.5 Å². The van der Waals surface area contributed by atoms with Crippen LogP contribution in [-0.2, 0) is 16.0 Å². The molecule has 7 heteroatoms. The largest absolute Gasteiger partial charge is 0.460 e. The third-order valence-electron chi connectivity index (χ3n) is 8.00. The number of nitrogens with zero attached hydrogens (tertiary/aromatic N) is 2. The third kappa shape index (κ3) is 7.71. The maximum atomic E-state index is 13.7. The van der Waals surface area contributed by atoms with Crippen LogP contribution in [0, 0.1) is 0 Å². The molecule has 0 N–H and O–H groups in total. The highest BCUT2D eigenvalue weighted by Crippen LogP contribution is 2.33. The summed E-state index contributed by atoms with van der Waals surface area (Å²) in [6.45, 7) is 9.01. The van der Waals surface area contributed by atoms with Gasteiger partial charge < -0.3 is 9.64 Å². The number of halogens is 2. The van der Waals surface area contributed by atoms with Gasteiger partial charge in [0, 0.05) is 41.7 Å². The van der Waals surface area contributed by atoms with Crippen LogP contribution >= 0.6 is 27.5 Å². The lowest BCUT2D eigenvalue weighted by Gasteiger charge is -2.46. The van der Waals surface area contributed by atoms with Crippen molar-refractivity contribution in [3.8, 4) is 0 Å². The molecule has 1 amide bonds. The first kappa shape index (κ1) is 30.5. The molecule has 2 aliphatic rings. The van der Waals surface area contributed by atoms with Crippen molar-refractivity contribution >= 4 is 51.6 Å². The second kappa shape index (κ2) is 13.2. The van der Waals surface area contributed by atoms with Gasteiger partial charge in [-0.15, -0.1) is 0 Å². The Hall–Kier alpha value is -2.93. The van der Waals surface area contributed by atoms with Crippen molar-refractivity contribution in [2.75, 3.05) is 26.2 Å². The smallest absolute Gasteiger partial charge is 0.310 e. The van der Waals surface area contributed by atoms with Crippen LogP contribution in [0.15, 0.2) is 71.2 Å². The Balaban J connectivity index is 1.19. The molecule has 2 heterocycles. The van der Waals surface area contributed by atoms with E-state index in [0.717, 1.165) is 65.2 Å². The van der Waals surface area contributed by atoms with Crippen LogP contribution in [0.2, 0.25) is 5.02 Å². The van der Waals surface area contributed by atoms with Crippen LogP contribution in [0.4, 0.5) is 0 Å². The molecule has 0 aliphatic carbocycles. The maximum Gasteiger partial charge on any atom is 0.310 e. The van der Waals surface area contributed by atoms with Gasteiger partial charge in [-0.25, -0.2) is 0 Å². The van der Waals surface area contributed by atoms with Crippen LogP contribution in [0.3, 0.4) is 0 Å². The van der Waals surface area contributed by atoms with E-state index in [1.54, 1.807) is 0 Å². The zero-order chi connectivity index (χ0) is 29.9. The molecule has 3 aromatic rings. The Morgan fingerprint density at radius 3 is 2.40 bits per heavy atom. The van der Waals surface area contributed by atoms with Gasteiger partial charge >= 0.3 is 5.97 Å². The number of benzene rings is 3. The Bertz CT molecular complexity index is 1450. The second-order valence-electron chi connectivity index (χ2n) is 12.3. The van der Waals surface area contributed by atoms with E-state index in [-0.39, 0.29) is 18.3 Å². The fourth-order valence-electron chi connectivity index (χ4n) is 5.86. The first-order valence-electron chi connectivity index (χ1n) is 14.6. The predicted molar refractivity (Wildman–Crippen MR) is 174 cm³/mol. The lowest BCUT2D eigenvalue weighted by Crippen LogP contribution is -2.57. The van der Waals surface area contributed by atoms with Crippen LogP contribution in [0.1, 0.15) is 72.1 Å². The first-order chi connectivity index (χ1) is 20.1. The van der Waals surface area contributed by atoms with Crippen molar-refractivity contribution in [1.29, 1.82) is 0 Å². The number of piperidine rings is 1. The number of hydrogen-bond acceptors (Lipinski definition) is 4. The molecular formula is C35H38BrClN2O3. The number of carbonyl (C=O) groups excluding carboxylic acids is 2. The molecule has 0 bridgehead atoms. The standard InChI is InChI=1S/C35H38BrClN2O3/c1-35(2,3)42-32(40)21-25-9-7-24(8-10-25)11-12-27-5-4-6-31(33(27)36)34(41)39-20-19-38-22-28(15-18-30(38)23-39)26-13-16-29(37)17-14-26/h4-14,16-17,28,30H,15,18-23H2,1-3H3/b12-11+/t28-,30+/m0/s1. The average Bonchev–Trinajstić information content (AvgIpc) is 2.96. The molecule has 220 valence electrons. The summed E-state index contributed by atoms with van der Waals surface area (Å²) in [6, 6.07) is 22.4. The van der Waals surface area contributed by atoms with Crippen molar-refractivity contribution in [3.63, 3.8) is 0 Å². The Morgan fingerprint density at radius 1 is 0.952 bits per heavy atom. The molecule has 5 rings (SSSR count). The summed E-state index contributed by atoms with van der Waals surface area (Å²) in [4.78, 5) is 30.4. The van der Waals surface area contributed by atoms with Gasteiger partial charge in [-0.05, 0) is 95.9 Å². The summed E-state index contributed by atoms with van der Waals surface area (Å²) in [6.07, 6.45) is 6.48. The van der Waals surface area contributed by atoms with Gasteiger partial charge in [0.25, 0.3) is 5.91 Å². The fraction of sp³-hybridized carbons (Fsp3) is 0.371. The lowest BCUT2D eigenvalue weighted by atomic mass is 9.86. The van der Waals surface area contributed by atoms with Crippen LogP contribution in [0.25, 0.3) is 12.2 Å². The number of carbonyl (C=O) groups is 2. The molecule has 2 saturated heterocycles. The minimum Gasteiger partial charge on any atom is -0.460 e. The summed E-state index contributed by atoms with van der Waals surface area (Å²) in [5.41, 5.74) is 4.41. The zero-order valence-corrected chi connectivity index (χ0v) is 26.8. The number of hydrogen-bond donors (Lipinski definition) is 0. The Kier molecular flexibility index (Phi) is 9.56. The fourth-order valence-corrected chi connectivity index (χ4v) is 6.55. The van der Waals surface area contributed by atoms with E-state index in [1.807, 2.05) is 92.4 Å². The first-order valence-corrected chi connectivity index (χ1v) is 15.8. The maximum absolute atomic E-state index is 13.7. The third-order valence-corrected chi connectivity index (χ3v) is 9.14. The van der Waals surface area contributed by atoms with Gasteiger partial charge in [0.05, 0.1) is 12.0 Å². The van der Waals surface area contributed by atoms with E-state index in [2.05, 4.69) is 33.0 Å². The summed E-state index contributed by atoms with van der Waals surface area (Å²) < 4.78 is 6.23. The lowest BCUT2D eigenvalue weighted by molar-refractivity contribution is -0.153. The van der Waals surface area contributed by atoms with E-state index in [0.29, 0.717) is 17.5 Å². The van der Waals surface area contributed by atoms with Crippen LogP contribution < -0.4 is 0 Å². The van der Waals surface area contributed by atoms with Crippen molar-refractivity contribution in [2.45, 2.75) is 57.6 Å². The molecule has 0 unspecified atom stereocenters. The molecule has 0 radical (unpaired) electrons. The minimum absolute atomic E-state index is 0.0723.